The van der Waals surface area contributed by atoms with Gasteiger partial charge in [0, 0.05) is 23.9 Å². The summed E-state index contributed by atoms with van der Waals surface area (Å²) in [6.45, 7) is 1.92. The van der Waals surface area contributed by atoms with Gasteiger partial charge >= 0.3 is 0 Å². The lowest BCUT2D eigenvalue weighted by Crippen LogP contribution is -2.06. The van der Waals surface area contributed by atoms with E-state index < -0.39 is 4.92 Å². The number of halogens is 1. The smallest absolute Gasteiger partial charge is 0.271 e. The van der Waals surface area contributed by atoms with Crippen LogP contribution in [0, 0.1) is 10.1 Å². The van der Waals surface area contributed by atoms with Crippen LogP contribution >= 0.6 is 11.6 Å². The molecule has 6 nitrogen and oxygen atoms in total. The van der Waals surface area contributed by atoms with Gasteiger partial charge < -0.3 is 5.32 Å². The molecule has 1 heterocycles. The summed E-state index contributed by atoms with van der Waals surface area (Å²) >= 11 is 6.00. The number of non-ortho nitro benzene ring substituents is 1. The van der Waals surface area contributed by atoms with Crippen molar-refractivity contribution < 1.29 is 4.92 Å². The zero-order chi connectivity index (χ0) is 13.1. The standard InChI is InChI=1S/C11H11ClN4O2/c1-7(8-5-13-14-6-8)15-11-4-9(16(17)18)2-3-10(11)12/h2-7,15H,1H3,(H,13,14). The number of nitrogens with one attached hydrogen (secondary N) is 2. The highest BCUT2D eigenvalue weighted by molar-refractivity contribution is 6.33. The minimum Gasteiger partial charge on any atom is -0.377 e. The molecule has 0 bridgehead atoms. The second-order valence-corrected chi connectivity index (χ2v) is 4.23. The number of nitrogens with zero attached hydrogens (tertiary/aromatic N) is 2. The van der Waals surface area contributed by atoms with Crippen LogP contribution in [0.15, 0.2) is 30.6 Å². The molecule has 18 heavy (non-hydrogen) atoms. The minimum absolute atomic E-state index is 0.00120. The van der Waals surface area contributed by atoms with Gasteiger partial charge in [-0.05, 0) is 13.0 Å². The molecule has 0 saturated heterocycles. The average molecular weight is 267 g/mol. The van der Waals surface area contributed by atoms with Crippen LogP contribution in [-0.2, 0) is 0 Å². The van der Waals surface area contributed by atoms with Crippen LogP contribution in [-0.4, -0.2) is 15.1 Å². The summed E-state index contributed by atoms with van der Waals surface area (Å²) in [7, 11) is 0. The van der Waals surface area contributed by atoms with Gasteiger partial charge in [0.15, 0.2) is 0 Å². The molecule has 2 aromatic rings. The molecular formula is C11H11ClN4O2. The molecule has 0 aliphatic rings. The fraction of sp³-hybridized carbons (Fsp3) is 0.182. The van der Waals surface area contributed by atoms with E-state index in [1.54, 1.807) is 12.4 Å². The zero-order valence-corrected chi connectivity index (χ0v) is 10.3. The molecule has 0 aliphatic heterocycles. The quantitative estimate of drug-likeness (QED) is 0.658. The molecule has 0 aliphatic carbocycles. The SMILES string of the molecule is CC(Nc1cc([N+](=O)[O-])ccc1Cl)c1cn[nH]c1. The number of aromatic amines is 1. The number of nitro benzene ring substituents is 1. The highest BCUT2D eigenvalue weighted by atomic mass is 35.5. The first-order valence-corrected chi connectivity index (χ1v) is 5.65. The fourth-order valence-corrected chi connectivity index (χ4v) is 1.72. The first-order chi connectivity index (χ1) is 8.58. The van der Waals surface area contributed by atoms with Crippen molar-refractivity contribution >= 4 is 23.0 Å². The molecule has 2 N–H and O–H groups in total. The Hall–Kier alpha value is -2.08. The summed E-state index contributed by atoms with van der Waals surface area (Å²) in [5.74, 6) is 0. The Kier molecular flexibility index (Phi) is 3.47. The number of aromatic nitrogens is 2. The first-order valence-electron chi connectivity index (χ1n) is 5.27. The molecule has 0 amide bonds. The van der Waals surface area contributed by atoms with Crippen molar-refractivity contribution in [2.24, 2.45) is 0 Å². The second kappa shape index (κ2) is 5.05. The van der Waals surface area contributed by atoms with E-state index in [1.807, 2.05) is 6.92 Å². The summed E-state index contributed by atoms with van der Waals surface area (Å²) in [6, 6.07) is 4.24. The third kappa shape index (κ3) is 2.60. The second-order valence-electron chi connectivity index (χ2n) is 3.82. The predicted molar refractivity (Wildman–Crippen MR) is 68.7 cm³/mol. The number of anilines is 1. The number of nitro groups is 1. The molecule has 94 valence electrons. The zero-order valence-electron chi connectivity index (χ0n) is 9.55. The van der Waals surface area contributed by atoms with E-state index in [0.717, 1.165) is 5.56 Å². The largest absolute Gasteiger partial charge is 0.377 e. The predicted octanol–water partition coefficient (Wildman–Crippen LogP) is 3.14. The Balaban J connectivity index is 2.23. The van der Waals surface area contributed by atoms with Gasteiger partial charge in [-0.15, -0.1) is 0 Å². The van der Waals surface area contributed by atoms with Gasteiger partial charge in [0.1, 0.15) is 0 Å². The Labute approximate surface area is 108 Å². The van der Waals surface area contributed by atoms with Crippen LogP contribution in [0.5, 0.6) is 0 Å². The summed E-state index contributed by atoms with van der Waals surface area (Å²) in [4.78, 5) is 10.2. The van der Waals surface area contributed by atoms with E-state index in [1.165, 1.54) is 18.2 Å². The van der Waals surface area contributed by atoms with E-state index in [9.17, 15) is 10.1 Å². The van der Waals surface area contributed by atoms with Crippen LogP contribution in [0.2, 0.25) is 5.02 Å². The highest BCUT2D eigenvalue weighted by Crippen LogP contribution is 2.29. The van der Waals surface area contributed by atoms with Crippen molar-refractivity contribution in [2.45, 2.75) is 13.0 Å². The van der Waals surface area contributed by atoms with Crippen molar-refractivity contribution in [3.8, 4) is 0 Å². The number of hydrogen-bond donors (Lipinski definition) is 2. The van der Waals surface area contributed by atoms with Gasteiger partial charge in [-0.25, -0.2) is 0 Å². The average Bonchev–Trinajstić information content (AvgIpc) is 2.85. The van der Waals surface area contributed by atoms with Crippen LogP contribution in [0.4, 0.5) is 11.4 Å². The van der Waals surface area contributed by atoms with Crippen LogP contribution in [0.1, 0.15) is 18.5 Å². The van der Waals surface area contributed by atoms with E-state index in [4.69, 9.17) is 11.6 Å². The lowest BCUT2D eigenvalue weighted by Gasteiger charge is -2.14. The molecule has 0 spiro atoms. The van der Waals surface area contributed by atoms with Crippen molar-refractivity contribution in [2.75, 3.05) is 5.32 Å². The lowest BCUT2D eigenvalue weighted by atomic mass is 10.2. The van der Waals surface area contributed by atoms with Crippen molar-refractivity contribution in [3.05, 3.63) is 51.3 Å². The van der Waals surface area contributed by atoms with Gasteiger partial charge in [-0.1, -0.05) is 11.6 Å². The molecule has 0 saturated carbocycles. The third-order valence-electron chi connectivity index (χ3n) is 2.55. The molecule has 7 heteroatoms. The highest BCUT2D eigenvalue weighted by Gasteiger charge is 2.13. The van der Waals surface area contributed by atoms with Crippen molar-refractivity contribution in [3.63, 3.8) is 0 Å². The van der Waals surface area contributed by atoms with Crippen LogP contribution in [0.25, 0.3) is 0 Å². The van der Waals surface area contributed by atoms with E-state index in [0.29, 0.717) is 10.7 Å². The van der Waals surface area contributed by atoms with E-state index in [-0.39, 0.29) is 11.7 Å². The molecule has 1 aromatic heterocycles. The topological polar surface area (TPSA) is 83.8 Å². The van der Waals surface area contributed by atoms with Crippen LogP contribution in [0.3, 0.4) is 0 Å². The van der Waals surface area contributed by atoms with Crippen LogP contribution < -0.4 is 5.32 Å². The van der Waals surface area contributed by atoms with Gasteiger partial charge in [-0.2, -0.15) is 5.10 Å². The van der Waals surface area contributed by atoms with E-state index >= 15 is 0 Å². The summed E-state index contributed by atoms with van der Waals surface area (Å²) in [5.41, 5.74) is 1.47. The monoisotopic (exact) mass is 266 g/mol. The van der Waals surface area contributed by atoms with Crippen molar-refractivity contribution in [1.29, 1.82) is 0 Å². The normalized spacial score (nSPS) is 12.1. The number of rotatable bonds is 4. The number of hydrogen-bond acceptors (Lipinski definition) is 4. The van der Waals surface area contributed by atoms with Gasteiger partial charge in [0.25, 0.3) is 5.69 Å². The Morgan fingerprint density at radius 1 is 1.56 bits per heavy atom. The Morgan fingerprint density at radius 3 is 2.94 bits per heavy atom. The summed E-state index contributed by atoms with van der Waals surface area (Å²) in [5, 5.41) is 20.8. The number of benzene rings is 1. The molecule has 1 unspecified atom stereocenters. The maximum Gasteiger partial charge on any atom is 0.271 e. The number of H-pyrrole nitrogens is 1. The Bertz CT molecular complexity index is 556. The van der Waals surface area contributed by atoms with Gasteiger partial charge in [0.2, 0.25) is 0 Å². The summed E-state index contributed by atoms with van der Waals surface area (Å²) < 4.78 is 0. The Morgan fingerprint density at radius 2 is 2.33 bits per heavy atom. The van der Waals surface area contributed by atoms with Gasteiger partial charge in [0.05, 0.1) is 27.9 Å². The first kappa shape index (κ1) is 12.4. The summed E-state index contributed by atoms with van der Waals surface area (Å²) in [6.07, 6.45) is 3.44. The molecule has 2 rings (SSSR count). The maximum absolute atomic E-state index is 10.7. The molecule has 1 atom stereocenters. The minimum atomic E-state index is -0.454. The molecule has 0 fully saturated rings. The fourth-order valence-electron chi connectivity index (χ4n) is 1.55. The molecule has 0 radical (unpaired) electrons. The lowest BCUT2D eigenvalue weighted by molar-refractivity contribution is -0.384. The third-order valence-corrected chi connectivity index (χ3v) is 2.88. The van der Waals surface area contributed by atoms with Crippen molar-refractivity contribution in [1.82, 2.24) is 10.2 Å². The molecular weight excluding hydrogens is 256 g/mol. The maximum atomic E-state index is 10.7. The van der Waals surface area contributed by atoms with Gasteiger partial charge in [-0.3, -0.25) is 15.2 Å². The van der Waals surface area contributed by atoms with E-state index in [2.05, 4.69) is 15.5 Å². The molecule has 1 aromatic carbocycles.